The van der Waals surface area contributed by atoms with Crippen molar-refractivity contribution >= 4 is 17.7 Å². The van der Waals surface area contributed by atoms with E-state index in [9.17, 15) is 14.9 Å². The monoisotopic (exact) mass is 371 g/mol. The number of hydrogen-bond acceptors (Lipinski definition) is 6. The molecule has 2 rings (SSSR count). The lowest BCUT2D eigenvalue weighted by atomic mass is 10.2. The second-order valence-electron chi connectivity index (χ2n) is 5.62. The van der Waals surface area contributed by atoms with Gasteiger partial charge < -0.3 is 14.2 Å². The van der Waals surface area contributed by atoms with Crippen LogP contribution in [0.15, 0.2) is 48.5 Å². The molecule has 0 saturated carbocycles. The molecule has 27 heavy (non-hydrogen) atoms. The van der Waals surface area contributed by atoms with Crippen molar-refractivity contribution in [1.82, 2.24) is 0 Å². The number of esters is 1. The van der Waals surface area contributed by atoms with Gasteiger partial charge in [0.05, 0.1) is 18.6 Å². The number of benzene rings is 2. The number of nitro benzene ring substituents is 1. The van der Waals surface area contributed by atoms with Crippen molar-refractivity contribution in [3.63, 3.8) is 0 Å². The highest BCUT2D eigenvalue weighted by Crippen LogP contribution is 2.28. The van der Waals surface area contributed by atoms with E-state index in [4.69, 9.17) is 14.2 Å². The zero-order chi connectivity index (χ0) is 19.6. The maximum atomic E-state index is 11.9. The first kappa shape index (κ1) is 20.0. The largest absolute Gasteiger partial charge is 0.493 e. The molecule has 0 atom stereocenters. The molecule has 0 radical (unpaired) electrons. The Balaban J connectivity index is 1.99. The van der Waals surface area contributed by atoms with Crippen molar-refractivity contribution in [2.45, 2.75) is 19.8 Å². The van der Waals surface area contributed by atoms with Gasteiger partial charge in [-0.15, -0.1) is 0 Å². The van der Waals surface area contributed by atoms with Crippen LogP contribution in [-0.4, -0.2) is 24.6 Å². The summed E-state index contributed by atoms with van der Waals surface area (Å²) < 4.78 is 16.1. The number of methoxy groups -OCH3 is 1. The summed E-state index contributed by atoms with van der Waals surface area (Å²) in [7, 11) is 1.55. The predicted molar refractivity (Wildman–Crippen MR) is 101 cm³/mol. The molecule has 7 heteroatoms. The number of ether oxygens (including phenoxy) is 3. The van der Waals surface area contributed by atoms with Crippen LogP contribution in [0.4, 0.5) is 5.69 Å². The fraction of sp³-hybridized carbons (Fsp3) is 0.250. The first-order valence-corrected chi connectivity index (χ1v) is 8.48. The molecule has 142 valence electrons. The number of carbonyl (C=O) groups is 1. The topological polar surface area (TPSA) is 87.9 Å². The Morgan fingerprint density at radius 3 is 2.52 bits per heavy atom. The molecule has 0 unspecified atom stereocenters. The minimum atomic E-state index is -0.592. The number of rotatable bonds is 9. The van der Waals surface area contributed by atoms with Gasteiger partial charge in [0.25, 0.3) is 5.69 Å². The minimum absolute atomic E-state index is 0.0707. The van der Waals surface area contributed by atoms with E-state index in [1.165, 1.54) is 30.3 Å². The summed E-state index contributed by atoms with van der Waals surface area (Å²) >= 11 is 0. The molecular weight excluding hydrogens is 350 g/mol. The number of unbranched alkanes of at least 4 members (excludes halogenated alkanes) is 1. The van der Waals surface area contributed by atoms with Crippen LogP contribution in [0.3, 0.4) is 0 Å². The van der Waals surface area contributed by atoms with Crippen LogP contribution in [0.5, 0.6) is 17.2 Å². The predicted octanol–water partition coefficient (Wildman–Crippen LogP) is 4.40. The third-order valence-electron chi connectivity index (χ3n) is 3.62. The summed E-state index contributed by atoms with van der Waals surface area (Å²) in [5.74, 6) is 0.868. The van der Waals surface area contributed by atoms with Crippen LogP contribution >= 0.6 is 0 Å². The van der Waals surface area contributed by atoms with Crippen molar-refractivity contribution in [2.75, 3.05) is 13.7 Å². The first-order chi connectivity index (χ1) is 13.0. The lowest BCUT2D eigenvalue weighted by Crippen LogP contribution is -2.03. The molecule has 0 aliphatic carbocycles. The third-order valence-corrected chi connectivity index (χ3v) is 3.62. The van der Waals surface area contributed by atoms with E-state index < -0.39 is 10.9 Å². The minimum Gasteiger partial charge on any atom is -0.493 e. The molecule has 0 aliphatic rings. The fourth-order valence-electron chi connectivity index (χ4n) is 2.18. The molecule has 0 amide bonds. The Hall–Kier alpha value is -3.35. The molecule has 0 heterocycles. The van der Waals surface area contributed by atoms with Crippen LogP contribution in [0.25, 0.3) is 6.08 Å². The average molecular weight is 371 g/mol. The van der Waals surface area contributed by atoms with E-state index in [0.29, 0.717) is 18.1 Å². The van der Waals surface area contributed by atoms with Crippen LogP contribution in [0.1, 0.15) is 25.3 Å². The van der Waals surface area contributed by atoms with E-state index in [1.807, 2.05) is 0 Å². The summed E-state index contributed by atoms with van der Waals surface area (Å²) in [6.07, 6.45) is 4.86. The van der Waals surface area contributed by atoms with Gasteiger partial charge in [-0.05, 0) is 42.3 Å². The van der Waals surface area contributed by atoms with E-state index in [1.54, 1.807) is 31.4 Å². The number of hydrogen-bond donors (Lipinski definition) is 0. The lowest BCUT2D eigenvalue weighted by molar-refractivity contribution is -0.384. The maximum Gasteiger partial charge on any atom is 0.336 e. The summed E-state index contributed by atoms with van der Waals surface area (Å²) in [4.78, 5) is 22.0. The van der Waals surface area contributed by atoms with Crippen LogP contribution in [0.2, 0.25) is 0 Å². The highest BCUT2D eigenvalue weighted by Gasteiger charge is 2.07. The summed E-state index contributed by atoms with van der Waals surface area (Å²) in [5.41, 5.74) is 0.675. The van der Waals surface area contributed by atoms with Gasteiger partial charge in [-0.2, -0.15) is 0 Å². The van der Waals surface area contributed by atoms with E-state index in [2.05, 4.69) is 6.92 Å². The SMILES string of the molecule is CCCCOc1ccc(/C=C/C(=O)Oc2ccc([N+](=O)[O-])cc2)cc1OC. The van der Waals surface area contributed by atoms with Crippen LogP contribution < -0.4 is 14.2 Å². The average Bonchev–Trinajstić information content (AvgIpc) is 2.67. The van der Waals surface area contributed by atoms with Crippen molar-refractivity contribution in [2.24, 2.45) is 0 Å². The van der Waals surface area contributed by atoms with E-state index in [-0.39, 0.29) is 11.4 Å². The zero-order valence-electron chi connectivity index (χ0n) is 15.2. The van der Waals surface area contributed by atoms with Gasteiger partial charge in [-0.25, -0.2) is 4.79 Å². The highest BCUT2D eigenvalue weighted by molar-refractivity contribution is 5.88. The lowest BCUT2D eigenvalue weighted by Gasteiger charge is -2.10. The Bertz CT molecular complexity index is 814. The van der Waals surface area contributed by atoms with Gasteiger partial charge in [-0.3, -0.25) is 10.1 Å². The Labute approximate surface area is 157 Å². The van der Waals surface area contributed by atoms with E-state index in [0.717, 1.165) is 18.4 Å². The van der Waals surface area contributed by atoms with Gasteiger partial charge in [0, 0.05) is 18.2 Å². The van der Waals surface area contributed by atoms with Crippen molar-refractivity contribution in [3.05, 3.63) is 64.2 Å². The molecular formula is C20H21NO6. The molecule has 2 aromatic rings. The second-order valence-corrected chi connectivity index (χ2v) is 5.62. The number of nitro groups is 1. The molecule has 0 N–H and O–H groups in total. The zero-order valence-corrected chi connectivity index (χ0v) is 15.2. The molecule has 7 nitrogen and oxygen atoms in total. The summed E-state index contributed by atoms with van der Waals surface area (Å²) in [6, 6.07) is 10.6. The number of nitrogens with zero attached hydrogens (tertiary/aromatic N) is 1. The first-order valence-electron chi connectivity index (χ1n) is 8.48. The van der Waals surface area contributed by atoms with Crippen LogP contribution in [-0.2, 0) is 4.79 Å². The standard InChI is InChI=1S/C20H21NO6/c1-3-4-13-26-18-11-5-15(14-19(18)25-2)6-12-20(22)27-17-9-7-16(8-10-17)21(23)24/h5-12,14H,3-4,13H2,1-2H3/b12-6+. The van der Waals surface area contributed by atoms with Gasteiger partial charge >= 0.3 is 5.97 Å². The second kappa shape index (κ2) is 9.96. The van der Waals surface area contributed by atoms with Crippen molar-refractivity contribution in [3.8, 4) is 17.2 Å². The molecule has 0 bridgehead atoms. The molecule has 0 fully saturated rings. The molecule has 0 spiro atoms. The Morgan fingerprint density at radius 1 is 1.15 bits per heavy atom. The third kappa shape index (κ3) is 6.14. The van der Waals surface area contributed by atoms with Crippen molar-refractivity contribution in [1.29, 1.82) is 0 Å². The normalized spacial score (nSPS) is 10.6. The molecule has 0 saturated heterocycles. The van der Waals surface area contributed by atoms with Gasteiger partial charge in [0.1, 0.15) is 5.75 Å². The molecule has 0 aliphatic heterocycles. The summed E-state index contributed by atoms with van der Waals surface area (Å²) in [6.45, 7) is 2.70. The van der Waals surface area contributed by atoms with Crippen LogP contribution in [0, 0.1) is 10.1 Å². The fourth-order valence-corrected chi connectivity index (χ4v) is 2.18. The van der Waals surface area contributed by atoms with Crippen molar-refractivity contribution < 1.29 is 23.9 Å². The van der Waals surface area contributed by atoms with E-state index >= 15 is 0 Å². The molecule has 2 aromatic carbocycles. The summed E-state index contributed by atoms with van der Waals surface area (Å²) in [5, 5.41) is 10.6. The van der Waals surface area contributed by atoms with Gasteiger partial charge in [0.2, 0.25) is 0 Å². The Morgan fingerprint density at radius 2 is 1.89 bits per heavy atom. The Kier molecular flexibility index (Phi) is 7.37. The molecule has 0 aromatic heterocycles. The smallest absolute Gasteiger partial charge is 0.336 e. The number of carbonyl (C=O) groups excluding carboxylic acids is 1. The van der Waals surface area contributed by atoms with Gasteiger partial charge in [-0.1, -0.05) is 19.4 Å². The quantitative estimate of drug-likeness (QED) is 0.162. The highest BCUT2D eigenvalue weighted by atomic mass is 16.6. The number of non-ortho nitro benzene ring substituents is 1. The maximum absolute atomic E-state index is 11.9. The van der Waals surface area contributed by atoms with Gasteiger partial charge in [0.15, 0.2) is 11.5 Å².